The summed E-state index contributed by atoms with van der Waals surface area (Å²) < 4.78 is 5.48. The third-order valence-electron chi connectivity index (χ3n) is 3.42. The Morgan fingerprint density at radius 1 is 1.13 bits per heavy atom. The molecule has 0 heterocycles. The molecule has 0 amide bonds. The van der Waals surface area contributed by atoms with Crippen molar-refractivity contribution in [1.29, 1.82) is 0 Å². The Morgan fingerprint density at radius 2 is 1.91 bits per heavy atom. The van der Waals surface area contributed by atoms with Crippen LogP contribution in [0.1, 0.15) is 23.6 Å². The van der Waals surface area contributed by atoms with Crippen LogP contribution >= 0.6 is 24.0 Å². The van der Waals surface area contributed by atoms with Crippen LogP contribution in [0.25, 0.3) is 0 Å². The average molecular weight is 425 g/mol. The highest BCUT2D eigenvalue weighted by molar-refractivity contribution is 14.0. The minimum Gasteiger partial charge on any atom is -0.494 e. The van der Waals surface area contributed by atoms with E-state index in [9.17, 15) is 0 Å². The smallest absolute Gasteiger partial charge is 0.193 e. The van der Waals surface area contributed by atoms with Gasteiger partial charge in [0.05, 0.1) is 13.2 Å². The average Bonchev–Trinajstić information content (AvgIpc) is 2.50. The summed E-state index contributed by atoms with van der Waals surface area (Å²) in [7, 11) is 0. The second-order valence-electron chi connectivity index (χ2n) is 5.21. The van der Waals surface area contributed by atoms with E-state index in [4.69, 9.17) is 10.5 Å². The number of guanidine groups is 1. The minimum atomic E-state index is 0. The van der Waals surface area contributed by atoms with Gasteiger partial charge in [-0.2, -0.15) is 0 Å². The fraction of sp³-hybridized carbons (Fsp3) is 0.278. The number of nitrogens with zero attached hydrogens (tertiary/aromatic N) is 1. The Kier molecular flexibility index (Phi) is 7.88. The highest BCUT2D eigenvalue weighted by Gasteiger charge is 1.99. The van der Waals surface area contributed by atoms with Crippen molar-refractivity contribution in [3.05, 3.63) is 59.2 Å². The lowest BCUT2D eigenvalue weighted by Gasteiger charge is -2.08. The SMILES string of the molecule is CCOc1cccc(CN=C(N)Nc2ccc(C)c(C)c2)c1.I. The minimum absolute atomic E-state index is 0. The molecular weight excluding hydrogens is 401 g/mol. The number of anilines is 1. The van der Waals surface area contributed by atoms with Crippen molar-refractivity contribution in [1.82, 2.24) is 0 Å². The first-order chi connectivity index (χ1) is 10.6. The molecule has 0 radical (unpaired) electrons. The number of benzene rings is 2. The van der Waals surface area contributed by atoms with Crippen LogP contribution in [0.2, 0.25) is 0 Å². The number of halogens is 1. The third-order valence-corrected chi connectivity index (χ3v) is 3.42. The van der Waals surface area contributed by atoms with E-state index in [1.54, 1.807) is 0 Å². The second kappa shape index (κ2) is 9.39. The molecule has 2 aromatic rings. The van der Waals surface area contributed by atoms with Crippen molar-refractivity contribution in [3.63, 3.8) is 0 Å². The van der Waals surface area contributed by atoms with Crippen LogP contribution in [0.3, 0.4) is 0 Å². The molecule has 3 N–H and O–H groups in total. The van der Waals surface area contributed by atoms with Crippen LogP contribution in [-0.2, 0) is 6.54 Å². The predicted octanol–water partition coefficient (Wildman–Crippen LogP) is 4.25. The lowest BCUT2D eigenvalue weighted by Crippen LogP contribution is -2.22. The van der Waals surface area contributed by atoms with Gasteiger partial charge in [0.25, 0.3) is 0 Å². The van der Waals surface area contributed by atoms with E-state index in [1.165, 1.54) is 11.1 Å². The van der Waals surface area contributed by atoms with Gasteiger partial charge in [-0.05, 0) is 61.7 Å². The van der Waals surface area contributed by atoms with E-state index >= 15 is 0 Å². The van der Waals surface area contributed by atoms with Crippen molar-refractivity contribution in [3.8, 4) is 5.75 Å². The predicted molar refractivity (Wildman–Crippen MR) is 108 cm³/mol. The molecule has 0 fully saturated rings. The standard InChI is InChI=1S/C18H23N3O.HI/c1-4-22-17-7-5-6-15(11-17)12-20-18(19)21-16-9-8-13(2)14(3)10-16;/h5-11H,4,12H2,1-3H3,(H3,19,20,21);1H. The Hall–Kier alpha value is -1.76. The Balaban J connectivity index is 0.00000264. The van der Waals surface area contributed by atoms with Gasteiger partial charge in [-0.25, -0.2) is 4.99 Å². The number of nitrogens with one attached hydrogen (secondary N) is 1. The van der Waals surface area contributed by atoms with Gasteiger partial charge in [0, 0.05) is 5.69 Å². The van der Waals surface area contributed by atoms with Gasteiger partial charge >= 0.3 is 0 Å². The highest BCUT2D eigenvalue weighted by Crippen LogP contribution is 2.15. The van der Waals surface area contributed by atoms with E-state index in [2.05, 4.69) is 36.3 Å². The van der Waals surface area contributed by atoms with Crippen molar-refractivity contribution in [2.45, 2.75) is 27.3 Å². The normalized spacial score (nSPS) is 10.8. The molecule has 4 nitrogen and oxygen atoms in total. The molecular formula is C18H24IN3O. The summed E-state index contributed by atoms with van der Waals surface area (Å²) in [6, 6.07) is 14.0. The first-order valence-electron chi connectivity index (χ1n) is 7.44. The van der Waals surface area contributed by atoms with E-state index in [0.717, 1.165) is 17.0 Å². The van der Waals surface area contributed by atoms with Crippen LogP contribution < -0.4 is 15.8 Å². The number of aryl methyl sites for hydroxylation is 2. The van der Waals surface area contributed by atoms with Crippen molar-refractivity contribution in [2.75, 3.05) is 11.9 Å². The zero-order chi connectivity index (χ0) is 15.9. The molecule has 0 aromatic heterocycles. The van der Waals surface area contributed by atoms with E-state index in [-0.39, 0.29) is 24.0 Å². The summed E-state index contributed by atoms with van der Waals surface area (Å²) in [6.45, 7) is 7.30. The molecule has 0 unspecified atom stereocenters. The summed E-state index contributed by atoms with van der Waals surface area (Å²) in [6.07, 6.45) is 0. The van der Waals surface area contributed by atoms with Gasteiger partial charge in [0.1, 0.15) is 5.75 Å². The zero-order valence-electron chi connectivity index (χ0n) is 13.8. The first kappa shape index (κ1) is 19.3. The van der Waals surface area contributed by atoms with Crippen LogP contribution in [0.15, 0.2) is 47.5 Å². The zero-order valence-corrected chi connectivity index (χ0v) is 16.1. The highest BCUT2D eigenvalue weighted by atomic mass is 127. The van der Waals surface area contributed by atoms with Crippen LogP contribution in [0.4, 0.5) is 5.69 Å². The van der Waals surface area contributed by atoms with Gasteiger partial charge in [0.15, 0.2) is 5.96 Å². The van der Waals surface area contributed by atoms with Crippen molar-refractivity contribution < 1.29 is 4.74 Å². The second-order valence-corrected chi connectivity index (χ2v) is 5.21. The number of nitrogens with two attached hydrogens (primary N) is 1. The maximum Gasteiger partial charge on any atom is 0.193 e. The van der Waals surface area contributed by atoms with Gasteiger partial charge in [-0.15, -0.1) is 24.0 Å². The van der Waals surface area contributed by atoms with Gasteiger partial charge < -0.3 is 15.8 Å². The maximum atomic E-state index is 5.95. The quantitative estimate of drug-likeness (QED) is 0.428. The number of hydrogen-bond acceptors (Lipinski definition) is 2. The topological polar surface area (TPSA) is 59.6 Å². The summed E-state index contributed by atoms with van der Waals surface area (Å²) in [5.74, 6) is 1.26. The lowest BCUT2D eigenvalue weighted by molar-refractivity contribution is 0.340. The Bertz CT molecular complexity index is 671. The van der Waals surface area contributed by atoms with Gasteiger partial charge in [-0.3, -0.25) is 0 Å². The molecule has 0 aliphatic rings. The number of hydrogen-bond donors (Lipinski definition) is 2. The van der Waals surface area contributed by atoms with Gasteiger partial charge in [0.2, 0.25) is 0 Å². The van der Waals surface area contributed by atoms with Crippen LogP contribution in [0.5, 0.6) is 5.75 Å². The molecule has 23 heavy (non-hydrogen) atoms. The Morgan fingerprint density at radius 3 is 2.61 bits per heavy atom. The van der Waals surface area contributed by atoms with Crippen LogP contribution in [0, 0.1) is 13.8 Å². The summed E-state index contributed by atoms with van der Waals surface area (Å²) in [5, 5.41) is 3.12. The summed E-state index contributed by atoms with van der Waals surface area (Å²) in [5.41, 5.74) is 10.4. The number of aliphatic imine (C=N–C) groups is 1. The van der Waals surface area contributed by atoms with E-state index in [1.807, 2.05) is 37.3 Å². The molecule has 0 saturated heterocycles. The lowest BCUT2D eigenvalue weighted by atomic mass is 10.1. The fourth-order valence-electron chi connectivity index (χ4n) is 2.08. The molecule has 0 aliphatic heterocycles. The molecule has 2 aromatic carbocycles. The third kappa shape index (κ3) is 6.09. The molecule has 0 spiro atoms. The molecule has 0 atom stereocenters. The molecule has 0 saturated carbocycles. The van der Waals surface area contributed by atoms with Gasteiger partial charge in [-0.1, -0.05) is 18.2 Å². The first-order valence-corrected chi connectivity index (χ1v) is 7.44. The maximum absolute atomic E-state index is 5.95. The van der Waals surface area contributed by atoms with Crippen molar-refractivity contribution >= 4 is 35.6 Å². The summed E-state index contributed by atoms with van der Waals surface area (Å²) >= 11 is 0. The molecule has 0 bridgehead atoms. The Labute approximate surface area is 155 Å². The molecule has 2 rings (SSSR count). The largest absolute Gasteiger partial charge is 0.494 e. The van der Waals surface area contributed by atoms with Crippen LogP contribution in [-0.4, -0.2) is 12.6 Å². The van der Waals surface area contributed by atoms with E-state index in [0.29, 0.717) is 19.1 Å². The summed E-state index contributed by atoms with van der Waals surface area (Å²) in [4.78, 5) is 4.37. The van der Waals surface area contributed by atoms with Crippen molar-refractivity contribution in [2.24, 2.45) is 10.7 Å². The fourth-order valence-corrected chi connectivity index (χ4v) is 2.08. The molecule has 124 valence electrons. The molecule has 0 aliphatic carbocycles. The number of ether oxygens (including phenoxy) is 1. The number of rotatable bonds is 5. The molecule has 5 heteroatoms. The monoisotopic (exact) mass is 425 g/mol. The van der Waals surface area contributed by atoms with E-state index < -0.39 is 0 Å².